The Labute approximate surface area is 158 Å². The standard InChI is InChI=1S/C22H14O6/c23-15-9-7-11-3-1-5-13(21(25)26)17(11)19(15)20-16(24)10-8-12-4-2-6-14(18(12)20)22(27)28/h1-10,23-24H,(H,25,26)(H,27,28). The summed E-state index contributed by atoms with van der Waals surface area (Å²) < 4.78 is 0. The number of fused-ring (bicyclic) bond motifs is 2. The van der Waals surface area contributed by atoms with Crippen LogP contribution in [0.5, 0.6) is 11.5 Å². The minimum atomic E-state index is -1.20. The van der Waals surface area contributed by atoms with Gasteiger partial charge in [0.2, 0.25) is 0 Å². The van der Waals surface area contributed by atoms with Gasteiger partial charge in [-0.05, 0) is 35.0 Å². The lowest BCUT2D eigenvalue weighted by molar-refractivity contribution is 0.0688. The van der Waals surface area contributed by atoms with Gasteiger partial charge in [0.15, 0.2) is 0 Å². The third-order valence-electron chi connectivity index (χ3n) is 4.76. The maximum absolute atomic E-state index is 11.8. The molecule has 4 N–H and O–H groups in total. The highest BCUT2D eigenvalue weighted by Crippen LogP contribution is 2.46. The zero-order valence-corrected chi connectivity index (χ0v) is 14.4. The van der Waals surface area contributed by atoms with E-state index in [0.29, 0.717) is 10.8 Å². The van der Waals surface area contributed by atoms with Crippen LogP contribution in [0.3, 0.4) is 0 Å². The molecule has 0 radical (unpaired) electrons. The minimum Gasteiger partial charge on any atom is -0.507 e. The van der Waals surface area contributed by atoms with Gasteiger partial charge >= 0.3 is 11.9 Å². The van der Waals surface area contributed by atoms with Crippen LogP contribution in [0, 0.1) is 0 Å². The first-order chi connectivity index (χ1) is 13.4. The first-order valence-corrected chi connectivity index (χ1v) is 8.36. The van der Waals surface area contributed by atoms with E-state index in [1.165, 1.54) is 24.3 Å². The number of phenols is 2. The largest absolute Gasteiger partial charge is 0.507 e. The van der Waals surface area contributed by atoms with E-state index in [9.17, 15) is 30.0 Å². The number of benzene rings is 4. The fraction of sp³-hybridized carbons (Fsp3) is 0. The maximum Gasteiger partial charge on any atom is 0.336 e. The van der Waals surface area contributed by atoms with Gasteiger partial charge in [-0.25, -0.2) is 9.59 Å². The molecule has 4 rings (SSSR count). The van der Waals surface area contributed by atoms with Gasteiger partial charge in [0.1, 0.15) is 11.5 Å². The molecule has 0 unspecified atom stereocenters. The Morgan fingerprint density at radius 1 is 0.571 bits per heavy atom. The van der Waals surface area contributed by atoms with E-state index in [1.807, 2.05) is 0 Å². The quantitative estimate of drug-likeness (QED) is 0.421. The van der Waals surface area contributed by atoms with Crippen molar-refractivity contribution in [3.63, 3.8) is 0 Å². The second-order valence-corrected chi connectivity index (χ2v) is 6.34. The molecular weight excluding hydrogens is 360 g/mol. The molecule has 0 aliphatic carbocycles. The third kappa shape index (κ3) is 2.51. The van der Waals surface area contributed by atoms with E-state index in [-0.39, 0.29) is 44.5 Å². The van der Waals surface area contributed by atoms with Crippen LogP contribution in [0.25, 0.3) is 32.7 Å². The lowest BCUT2D eigenvalue weighted by atomic mass is 9.88. The van der Waals surface area contributed by atoms with Crippen LogP contribution < -0.4 is 0 Å². The van der Waals surface area contributed by atoms with Gasteiger partial charge in [0, 0.05) is 21.9 Å². The van der Waals surface area contributed by atoms with Crippen LogP contribution in [-0.2, 0) is 0 Å². The van der Waals surface area contributed by atoms with Crippen LogP contribution in [0.4, 0.5) is 0 Å². The highest BCUT2D eigenvalue weighted by atomic mass is 16.4. The molecule has 0 aliphatic heterocycles. The Morgan fingerprint density at radius 2 is 0.964 bits per heavy atom. The number of carboxylic acids is 2. The topological polar surface area (TPSA) is 115 Å². The summed E-state index contributed by atoms with van der Waals surface area (Å²) in [6.07, 6.45) is 0. The van der Waals surface area contributed by atoms with Crippen molar-refractivity contribution in [2.75, 3.05) is 0 Å². The normalized spacial score (nSPS) is 11.0. The number of rotatable bonds is 3. The fourth-order valence-electron chi connectivity index (χ4n) is 3.60. The second-order valence-electron chi connectivity index (χ2n) is 6.34. The SMILES string of the molecule is O=C(O)c1cccc2ccc(O)c(-c3c(O)ccc4cccc(C(=O)O)c34)c12. The maximum atomic E-state index is 11.8. The molecule has 0 fully saturated rings. The van der Waals surface area contributed by atoms with Crippen LogP contribution >= 0.6 is 0 Å². The van der Waals surface area contributed by atoms with Crippen molar-refractivity contribution in [2.24, 2.45) is 0 Å². The van der Waals surface area contributed by atoms with Gasteiger partial charge in [-0.3, -0.25) is 0 Å². The summed E-state index contributed by atoms with van der Waals surface area (Å²) in [6, 6.07) is 15.3. The summed E-state index contributed by atoms with van der Waals surface area (Å²) in [7, 11) is 0. The molecule has 4 aromatic rings. The molecule has 0 bridgehead atoms. The van der Waals surface area contributed by atoms with Crippen LogP contribution in [-0.4, -0.2) is 32.4 Å². The first-order valence-electron chi connectivity index (χ1n) is 8.36. The van der Waals surface area contributed by atoms with Crippen molar-refractivity contribution in [3.05, 3.63) is 71.8 Å². The Kier molecular flexibility index (Phi) is 3.89. The molecule has 0 amide bonds. The van der Waals surface area contributed by atoms with Gasteiger partial charge in [0.05, 0.1) is 11.1 Å². The number of aromatic hydroxyl groups is 2. The smallest absolute Gasteiger partial charge is 0.336 e. The zero-order valence-electron chi connectivity index (χ0n) is 14.4. The van der Waals surface area contributed by atoms with E-state index in [0.717, 1.165) is 0 Å². The molecular formula is C22H14O6. The number of carboxylic acid groups (broad SMARTS) is 2. The predicted molar refractivity (Wildman–Crippen MR) is 104 cm³/mol. The molecule has 0 saturated heterocycles. The Balaban J connectivity index is 2.29. The first kappa shape index (κ1) is 17.4. The van der Waals surface area contributed by atoms with Gasteiger partial charge < -0.3 is 20.4 Å². The van der Waals surface area contributed by atoms with Gasteiger partial charge in [-0.15, -0.1) is 0 Å². The van der Waals surface area contributed by atoms with Gasteiger partial charge in [-0.1, -0.05) is 36.4 Å². The summed E-state index contributed by atoms with van der Waals surface area (Å²) in [4.78, 5) is 23.6. The van der Waals surface area contributed by atoms with E-state index >= 15 is 0 Å². The molecule has 28 heavy (non-hydrogen) atoms. The third-order valence-corrected chi connectivity index (χ3v) is 4.76. The lowest BCUT2D eigenvalue weighted by Gasteiger charge is -2.16. The molecule has 0 spiro atoms. The van der Waals surface area contributed by atoms with E-state index in [1.54, 1.807) is 36.4 Å². The van der Waals surface area contributed by atoms with E-state index in [2.05, 4.69) is 0 Å². The molecule has 138 valence electrons. The van der Waals surface area contributed by atoms with Crippen molar-refractivity contribution in [3.8, 4) is 22.6 Å². The average Bonchev–Trinajstić information content (AvgIpc) is 2.67. The second kappa shape index (κ2) is 6.28. The van der Waals surface area contributed by atoms with Gasteiger partial charge in [-0.2, -0.15) is 0 Å². The summed E-state index contributed by atoms with van der Waals surface area (Å²) in [5.41, 5.74) is 0.0276. The lowest BCUT2D eigenvalue weighted by Crippen LogP contribution is -2.01. The summed E-state index contributed by atoms with van der Waals surface area (Å²) in [5.74, 6) is -2.92. The fourth-order valence-corrected chi connectivity index (χ4v) is 3.60. The Morgan fingerprint density at radius 3 is 1.32 bits per heavy atom. The van der Waals surface area contributed by atoms with Crippen LogP contribution in [0.2, 0.25) is 0 Å². The summed E-state index contributed by atoms with van der Waals surface area (Å²) in [6.45, 7) is 0. The Bertz CT molecular complexity index is 1190. The molecule has 0 atom stereocenters. The zero-order chi connectivity index (χ0) is 20.0. The highest BCUT2D eigenvalue weighted by molar-refractivity contribution is 6.18. The molecule has 0 aromatic heterocycles. The number of hydrogen-bond acceptors (Lipinski definition) is 4. The van der Waals surface area contributed by atoms with Crippen molar-refractivity contribution >= 4 is 33.5 Å². The van der Waals surface area contributed by atoms with Crippen molar-refractivity contribution in [2.45, 2.75) is 0 Å². The van der Waals surface area contributed by atoms with Crippen molar-refractivity contribution < 1.29 is 30.0 Å². The predicted octanol–water partition coefficient (Wildman–Crippen LogP) is 4.47. The summed E-state index contributed by atoms with van der Waals surface area (Å²) in [5, 5.41) is 42.0. The number of aromatic carboxylic acids is 2. The molecule has 6 nitrogen and oxygen atoms in total. The number of carbonyl (C=O) groups is 2. The number of phenolic OH excluding ortho intramolecular Hbond substituents is 2. The molecule has 0 heterocycles. The monoisotopic (exact) mass is 374 g/mol. The van der Waals surface area contributed by atoms with Crippen molar-refractivity contribution in [1.29, 1.82) is 0 Å². The van der Waals surface area contributed by atoms with Gasteiger partial charge in [0.25, 0.3) is 0 Å². The number of hydrogen-bond donors (Lipinski definition) is 4. The molecule has 6 heteroatoms. The summed E-state index contributed by atoms with van der Waals surface area (Å²) >= 11 is 0. The molecule has 0 aliphatic rings. The average molecular weight is 374 g/mol. The Hall–Kier alpha value is -4.06. The van der Waals surface area contributed by atoms with Crippen LogP contribution in [0.15, 0.2) is 60.7 Å². The van der Waals surface area contributed by atoms with Crippen LogP contribution in [0.1, 0.15) is 20.7 Å². The minimum absolute atomic E-state index is 0.0624. The van der Waals surface area contributed by atoms with E-state index < -0.39 is 11.9 Å². The highest BCUT2D eigenvalue weighted by Gasteiger charge is 2.23. The van der Waals surface area contributed by atoms with Crippen molar-refractivity contribution in [1.82, 2.24) is 0 Å². The molecule has 4 aromatic carbocycles. The molecule has 0 saturated carbocycles. The van der Waals surface area contributed by atoms with E-state index in [4.69, 9.17) is 0 Å².